The van der Waals surface area contributed by atoms with E-state index in [4.69, 9.17) is 0 Å². The number of nitrogens with zero attached hydrogens (tertiary/aromatic N) is 4. The van der Waals surface area contributed by atoms with Gasteiger partial charge >= 0.3 is 0 Å². The first-order chi connectivity index (χ1) is 11.2. The summed E-state index contributed by atoms with van der Waals surface area (Å²) in [6, 6.07) is 5.46. The zero-order chi connectivity index (χ0) is 16.1. The molecule has 1 amide bonds. The Bertz CT molecular complexity index is 769. The first-order valence-electron chi connectivity index (χ1n) is 7.12. The van der Waals surface area contributed by atoms with Crippen LogP contribution in [0.3, 0.4) is 0 Å². The minimum atomic E-state index is -0.0656. The van der Waals surface area contributed by atoms with E-state index in [1.54, 1.807) is 16.9 Å². The van der Waals surface area contributed by atoms with Crippen molar-refractivity contribution in [2.75, 3.05) is 18.4 Å². The number of nitrogens with one attached hydrogen (secondary N) is 2. The molecule has 0 spiro atoms. The van der Waals surface area contributed by atoms with Crippen molar-refractivity contribution in [3.05, 3.63) is 52.7 Å². The third-order valence-electron chi connectivity index (χ3n) is 3.06. The quantitative estimate of drug-likeness (QED) is 0.675. The van der Waals surface area contributed by atoms with Gasteiger partial charge in [0.05, 0.1) is 0 Å². The summed E-state index contributed by atoms with van der Waals surface area (Å²) in [5, 5.41) is 13.9. The number of carbonyl (C=O) groups excluding carboxylic acids is 1. The van der Waals surface area contributed by atoms with E-state index in [2.05, 4.69) is 25.7 Å². The molecule has 0 fully saturated rings. The number of carbonyl (C=O) groups is 1. The topological polar surface area (TPSA) is 84.7 Å². The van der Waals surface area contributed by atoms with Crippen LogP contribution in [0.1, 0.15) is 16.2 Å². The van der Waals surface area contributed by atoms with Gasteiger partial charge in [-0.15, -0.1) is 0 Å². The lowest BCUT2D eigenvalue weighted by atomic mass is 10.3. The summed E-state index contributed by atoms with van der Waals surface area (Å²) in [5.41, 5.74) is 0.689. The number of thiophene rings is 1. The molecule has 0 aliphatic carbocycles. The molecule has 3 aromatic rings. The maximum Gasteiger partial charge on any atom is 0.252 e. The van der Waals surface area contributed by atoms with Gasteiger partial charge in [-0.3, -0.25) is 4.79 Å². The first kappa shape index (κ1) is 15.2. The van der Waals surface area contributed by atoms with Crippen molar-refractivity contribution < 1.29 is 4.79 Å². The SMILES string of the molecule is Cc1nc(NCCNC(=O)c2ccsc2)cc(-n2cccn2)n1. The molecule has 0 aliphatic heterocycles. The largest absolute Gasteiger partial charge is 0.368 e. The van der Waals surface area contributed by atoms with E-state index in [-0.39, 0.29) is 5.91 Å². The predicted molar refractivity (Wildman–Crippen MR) is 89.0 cm³/mol. The molecule has 23 heavy (non-hydrogen) atoms. The van der Waals surface area contributed by atoms with Crippen molar-refractivity contribution in [3.63, 3.8) is 0 Å². The minimum Gasteiger partial charge on any atom is -0.368 e. The van der Waals surface area contributed by atoms with Crippen molar-refractivity contribution in [2.45, 2.75) is 6.92 Å². The number of aryl methyl sites for hydroxylation is 1. The van der Waals surface area contributed by atoms with E-state index in [1.165, 1.54) is 11.3 Å². The van der Waals surface area contributed by atoms with Crippen LogP contribution < -0.4 is 10.6 Å². The van der Waals surface area contributed by atoms with Crippen molar-refractivity contribution in [1.29, 1.82) is 0 Å². The number of hydrogen-bond donors (Lipinski definition) is 2. The number of amides is 1. The maximum atomic E-state index is 11.8. The van der Waals surface area contributed by atoms with Gasteiger partial charge < -0.3 is 10.6 Å². The molecule has 0 atom stereocenters. The molecule has 0 saturated carbocycles. The van der Waals surface area contributed by atoms with Crippen molar-refractivity contribution in [2.24, 2.45) is 0 Å². The van der Waals surface area contributed by atoms with Crippen LogP contribution in [0.15, 0.2) is 41.4 Å². The van der Waals surface area contributed by atoms with Gasteiger partial charge in [-0.2, -0.15) is 16.4 Å². The van der Waals surface area contributed by atoms with Crippen LogP contribution >= 0.6 is 11.3 Å². The molecule has 118 valence electrons. The summed E-state index contributed by atoms with van der Waals surface area (Å²) in [5.74, 6) is 1.99. The Morgan fingerprint density at radius 1 is 1.35 bits per heavy atom. The Morgan fingerprint density at radius 3 is 3.00 bits per heavy atom. The molecular weight excluding hydrogens is 312 g/mol. The Hall–Kier alpha value is -2.74. The predicted octanol–water partition coefficient (Wildman–Crippen LogP) is 1.87. The lowest BCUT2D eigenvalue weighted by Crippen LogP contribution is -2.28. The number of aromatic nitrogens is 4. The molecule has 2 N–H and O–H groups in total. The standard InChI is InChI=1S/C15H16N6OS/c1-11-19-13(9-14(20-11)21-7-2-4-18-21)16-5-6-17-15(22)12-3-8-23-10-12/h2-4,7-10H,5-6H2,1H3,(H,17,22)(H,16,19,20). The molecule has 3 heterocycles. The summed E-state index contributed by atoms with van der Waals surface area (Å²) in [6.45, 7) is 2.91. The van der Waals surface area contributed by atoms with E-state index < -0.39 is 0 Å². The second-order valence-corrected chi connectivity index (χ2v) is 5.58. The molecular formula is C15H16N6OS. The molecule has 0 saturated heterocycles. The van der Waals surface area contributed by atoms with Crippen LogP contribution in [0.5, 0.6) is 0 Å². The van der Waals surface area contributed by atoms with Crippen LogP contribution in [-0.4, -0.2) is 38.7 Å². The molecule has 8 heteroatoms. The van der Waals surface area contributed by atoms with Crippen molar-refractivity contribution in [1.82, 2.24) is 25.1 Å². The second kappa shape index (κ2) is 7.01. The van der Waals surface area contributed by atoms with Gasteiger partial charge in [0.15, 0.2) is 5.82 Å². The van der Waals surface area contributed by atoms with Gasteiger partial charge in [0.1, 0.15) is 11.6 Å². The zero-order valence-corrected chi connectivity index (χ0v) is 13.4. The lowest BCUT2D eigenvalue weighted by Gasteiger charge is -2.09. The first-order valence-corrected chi connectivity index (χ1v) is 8.06. The number of hydrogen-bond acceptors (Lipinski definition) is 6. The Labute approximate surface area is 137 Å². The van der Waals surface area contributed by atoms with Crippen LogP contribution in [0.2, 0.25) is 0 Å². The number of anilines is 1. The van der Waals surface area contributed by atoms with E-state index in [0.29, 0.717) is 36.1 Å². The van der Waals surface area contributed by atoms with Crippen LogP contribution in [0, 0.1) is 6.92 Å². The highest BCUT2D eigenvalue weighted by atomic mass is 32.1. The van der Waals surface area contributed by atoms with Gasteiger partial charge in [-0.05, 0) is 24.4 Å². The zero-order valence-electron chi connectivity index (χ0n) is 12.6. The summed E-state index contributed by atoms with van der Waals surface area (Å²) >= 11 is 1.50. The fraction of sp³-hybridized carbons (Fsp3) is 0.200. The second-order valence-electron chi connectivity index (χ2n) is 4.80. The van der Waals surface area contributed by atoms with E-state index in [1.807, 2.05) is 36.0 Å². The van der Waals surface area contributed by atoms with Gasteiger partial charge in [0.2, 0.25) is 0 Å². The number of rotatable bonds is 6. The smallest absolute Gasteiger partial charge is 0.252 e. The Balaban J connectivity index is 1.55. The molecule has 0 aromatic carbocycles. The summed E-state index contributed by atoms with van der Waals surface area (Å²) in [6.07, 6.45) is 3.52. The molecule has 0 radical (unpaired) electrons. The molecule has 3 rings (SSSR count). The normalized spacial score (nSPS) is 10.5. The van der Waals surface area contributed by atoms with E-state index >= 15 is 0 Å². The minimum absolute atomic E-state index is 0.0656. The molecule has 0 bridgehead atoms. The summed E-state index contributed by atoms with van der Waals surface area (Å²) < 4.78 is 1.68. The highest BCUT2D eigenvalue weighted by molar-refractivity contribution is 7.08. The Morgan fingerprint density at radius 2 is 2.26 bits per heavy atom. The fourth-order valence-electron chi connectivity index (χ4n) is 2.03. The van der Waals surface area contributed by atoms with Crippen LogP contribution in [-0.2, 0) is 0 Å². The van der Waals surface area contributed by atoms with Crippen molar-refractivity contribution >= 4 is 23.1 Å². The third kappa shape index (κ3) is 3.92. The highest BCUT2D eigenvalue weighted by Crippen LogP contribution is 2.10. The van der Waals surface area contributed by atoms with E-state index in [9.17, 15) is 4.79 Å². The van der Waals surface area contributed by atoms with Crippen LogP contribution in [0.4, 0.5) is 5.82 Å². The van der Waals surface area contributed by atoms with Gasteiger partial charge in [0.25, 0.3) is 5.91 Å². The van der Waals surface area contributed by atoms with Crippen molar-refractivity contribution in [3.8, 4) is 5.82 Å². The lowest BCUT2D eigenvalue weighted by molar-refractivity contribution is 0.0955. The Kier molecular flexibility index (Phi) is 4.62. The monoisotopic (exact) mass is 328 g/mol. The van der Waals surface area contributed by atoms with Gasteiger partial charge in [-0.25, -0.2) is 14.6 Å². The highest BCUT2D eigenvalue weighted by Gasteiger charge is 2.06. The van der Waals surface area contributed by atoms with Gasteiger partial charge in [0, 0.05) is 42.5 Å². The average Bonchev–Trinajstić information content (AvgIpc) is 3.23. The summed E-state index contributed by atoms with van der Waals surface area (Å²) in [7, 11) is 0. The maximum absolute atomic E-state index is 11.8. The van der Waals surface area contributed by atoms with Crippen LogP contribution in [0.25, 0.3) is 5.82 Å². The molecule has 3 aromatic heterocycles. The molecule has 0 aliphatic rings. The fourth-order valence-corrected chi connectivity index (χ4v) is 2.66. The van der Waals surface area contributed by atoms with E-state index in [0.717, 1.165) is 0 Å². The average molecular weight is 328 g/mol. The summed E-state index contributed by atoms with van der Waals surface area (Å²) in [4.78, 5) is 20.5. The molecule has 0 unspecified atom stereocenters. The third-order valence-corrected chi connectivity index (χ3v) is 3.75. The molecule has 7 nitrogen and oxygen atoms in total. The van der Waals surface area contributed by atoms with Gasteiger partial charge in [-0.1, -0.05) is 0 Å².